The predicted molar refractivity (Wildman–Crippen MR) is 77.6 cm³/mol. The van der Waals surface area contributed by atoms with Crippen LogP contribution in [0.2, 0.25) is 0 Å². The van der Waals surface area contributed by atoms with Gasteiger partial charge in [-0.25, -0.2) is 0 Å². The summed E-state index contributed by atoms with van der Waals surface area (Å²) in [6, 6.07) is 10.1. The molecule has 2 aromatic carbocycles. The van der Waals surface area contributed by atoms with Crippen molar-refractivity contribution >= 4 is 10.8 Å². The van der Waals surface area contributed by atoms with Crippen molar-refractivity contribution in [1.29, 1.82) is 0 Å². The van der Waals surface area contributed by atoms with E-state index in [0.29, 0.717) is 23.0 Å². The Balaban J connectivity index is 0.000000131. The van der Waals surface area contributed by atoms with E-state index in [1.807, 2.05) is 0 Å². The summed E-state index contributed by atoms with van der Waals surface area (Å²) in [5.41, 5.74) is 0. The van der Waals surface area contributed by atoms with Gasteiger partial charge < -0.3 is 24.4 Å². The SMILES string of the molecule is C(OCC1CO1)C1CO1.Oc1cccc2c(O)cccc12. The Morgan fingerprint density at radius 2 is 1.29 bits per heavy atom. The maximum absolute atomic E-state index is 9.38. The number of benzene rings is 2. The lowest BCUT2D eigenvalue weighted by molar-refractivity contribution is 0.102. The molecule has 4 rings (SSSR count). The summed E-state index contributed by atoms with van der Waals surface area (Å²) in [4.78, 5) is 0. The Labute approximate surface area is 122 Å². The van der Waals surface area contributed by atoms with Crippen LogP contribution in [0.1, 0.15) is 0 Å². The van der Waals surface area contributed by atoms with Crippen molar-refractivity contribution in [1.82, 2.24) is 0 Å². The van der Waals surface area contributed by atoms with Gasteiger partial charge in [0.05, 0.1) is 26.4 Å². The maximum atomic E-state index is 9.38. The van der Waals surface area contributed by atoms with E-state index >= 15 is 0 Å². The molecule has 0 amide bonds. The molecule has 0 aromatic heterocycles. The van der Waals surface area contributed by atoms with Crippen molar-refractivity contribution in [2.24, 2.45) is 0 Å². The fourth-order valence-corrected chi connectivity index (χ4v) is 1.94. The van der Waals surface area contributed by atoms with Crippen molar-refractivity contribution in [2.45, 2.75) is 12.2 Å². The minimum absolute atomic E-state index is 0.198. The van der Waals surface area contributed by atoms with Crippen LogP contribution in [0.5, 0.6) is 11.5 Å². The first-order valence-corrected chi connectivity index (χ1v) is 6.94. The van der Waals surface area contributed by atoms with Gasteiger partial charge in [-0.15, -0.1) is 0 Å². The van der Waals surface area contributed by atoms with Gasteiger partial charge in [-0.3, -0.25) is 0 Å². The van der Waals surface area contributed by atoms with Gasteiger partial charge in [0, 0.05) is 10.8 Å². The van der Waals surface area contributed by atoms with E-state index in [1.54, 1.807) is 36.4 Å². The Bertz CT molecular complexity index is 551. The molecule has 2 atom stereocenters. The number of aromatic hydroxyl groups is 2. The molecule has 5 heteroatoms. The Morgan fingerprint density at radius 1 is 0.857 bits per heavy atom. The Morgan fingerprint density at radius 3 is 1.67 bits per heavy atom. The highest BCUT2D eigenvalue weighted by molar-refractivity contribution is 5.92. The summed E-state index contributed by atoms with van der Waals surface area (Å²) in [7, 11) is 0. The van der Waals surface area contributed by atoms with Gasteiger partial charge in [-0.05, 0) is 12.1 Å². The smallest absolute Gasteiger partial charge is 0.123 e. The lowest BCUT2D eigenvalue weighted by Gasteiger charge is -2.01. The molecule has 2 heterocycles. The average molecular weight is 290 g/mol. The van der Waals surface area contributed by atoms with Crippen molar-refractivity contribution in [3.05, 3.63) is 36.4 Å². The lowest BCUT2D eigenvalue weighted by Crippen LogP contribution is -2.06. The number of hydrogen-bond donors (Lipinski definition) is 2. The van der Waals surface area contributed by atoms with Gasteiger partial charge in [0.25, 0.3) is 0 Å². The summed E-state index contributed by atoms with van der Waals surface area (Å²) in [5, 5.41) is 20.1. The van der Waals surface area contributed by atoms with Gasteiger partial charge in [0.15, 0.2) is 0 Å². The standard InChI is InChI=1S/C10H8O2.C6H10O3/c11-9-5-1-3-7-8(9)4-2-6-10(7)12;1(5-3-8-5)7-2-6-4-9-6/h1-6,11-12H;5-6H,1-4H2. The zero-order valence-electron chi connectivity index (χ0n) is 11.6. The summed E-state index contributed by atoms with van der Waals surface area (Å²) >= 11 is 0. The molecule has 112 valence electrons. The van der Waals surface area contributed by atoms with E-state index in [1.165, 1.54) is 0 Å². The third-order valence-electron chi connectivity index (χ3n) is 3.29. The Kier molecular flexibility index (Phi) is 4.24. The number of phenolic OH excluding ortho intramolecular Hbond substituents is 2. The third kappa shape index (κ3) is 4.07. The molecule has 2 fully saturated rings. The molecule has 2 aliphatic heterocycles. The molecule has 0 radical (unpaired) electrons. The molecule has 2 unspecified atom stereocenters. The van der Waals surface area contributed by atoms with Crippen LogP contribution >= 0.6 is 0 Å². The summed E-state index contributed by atoms with van der Waals surface area (Å²) in [6.07, 6.45) is 0.785. The first-order chi connectivity index (χ1) is 10.2. The van der Waals surface area contributed by atoms with Gasteiger partial charge >= 0.3 is 0 Å². The number of epoxide rings is 2. The minimum atomic E-state index is 0.198. The van der Waals surface area contributed by atoms with Crippen molar-refractivity contribution in [3.8, 4) is 11.5 Å². The molecule has 2 saturated heterocycles. The van der Waals surface area contributed by atoms with Crippen LogP contribution in [0.3, 0.4) is 0 Å². The monoisotopic (exact) mass is 290 g/mol. The molecule has 5 nitrogen and oxygen atoms in total. The highest BCUT2D eigenvalue weighted by Gasteiger charge is 2.26. The van der Waals surface area contributed by atoms with Crippen LogP contribution in [0.25, 0.3) is 10.8 Å². The van der Waals surface area contributed by atoms with Crippen LogP contribution in [0.4, 0.5) is 0 Å². The molecule has 0 bridgehead atoms. The lowest BCUT2D eigenvalue weighted by atomic mass is 10.1. The summed E-state index contributed by atoms with van der Waals surface area (Å²) in [6.45, 7) is 3.26. The molecule has 2 N–H and O–H groups in total. The Hall–Kier alpha value is -1.82. The van der Waals surface area contributed by atoms with Crippen LogP contribution in [-0.2, 0) is 14.2 Å². The summed E-state index contributed by atoms with van der Waals surface area (Å²) in [5.74, 6) is 0.395. The van der Waals surface area contributed by atoms with Crippen LogP contribution in [0.15, 0.2) is 36.4 Å². The number of ether oxygens (including phenoxy) is 3. The second-order valence-corrected chi connectivity index (χ2v) is 5.10. The number of phenols is 2. The number of rotatable bonds is 4. The van der Waals surface area contributed by atoms with E-state index in [0.717, 1.165) is 26.4 Å². The summed E-state index contributed by atoms with van der Waals surface area (Å²) < 4.78 is 15.1. The van der Waals surface area contributed by atoms with Gasteiger partial charge in [-0.2, -0.15) is 0 Å². The van der Waals surface area contributed by atoms with E-state index in [9.17, 15) is 10.2 Å². The van der Waals surface area contributed by atoms with E-state index in [-0.39, 0.29) is 11.5 Å². The molecule has 21 heavy (non-hydrogen) atoms. The van der Waals surface area contributed by atoms with Crippen molar-refractivity contribution in [2.75, 3.05) is 26.4 Å². The molecule has 2 aliphatic rings. The molecular formula is C16H18O5. The quantitative estimate of drug-likeness (QED) is 0.843. The third-order valence-corrected chi connectivity index (χ3v) is 3.29. The minimum Gasteiger partial charge on any atom is -0.507 e. The zero-order chi connectivity index (χ0) is 14.7. The maximum Gasteiger partial charge on any atom is 0.123 e. The average Bonchev–Trinajstić information content (AvgIpc) is 3.36. The van der Waals surface area contributed by atoms with Gasteiger partial charge in [0.1, 0.15) is 23.7 Å². The first kappa shape index (κ1) is 14.1. The predicted octanol–water partition coefficient (Wildman–Crippen LogP) is 2.05. The highest BCUT2D eigenvalue weighted by Crippen LogP contribution is 2.29. The normalized spacial score (nSPS) is 22.5. The van der Waals surface area contributed by atoms with Crippen LogP contribution in [-0.4, -0.2) is 48.8 Å². The highest BCUT2D eigenvalue weighted by atomic mass is 16.6. The topological polar surface area (TPSA) is 74.8 Å². The van der Waals surface area contributed by atoms with Crippen molar-refractivity contribution < 1.29 is 24.4 Å². The van der Waals surface area contributed by atoms with Gasteiger partial charge in [-0.1, -0.05) is 24.3 Å². The molecule has 0 saturated carbocycles. The molecule has 0 aliphatic carbocycles. The van der Waals surface area contributed by atoms with Gasteiger partial charge in [0.2, 0.25) is 0 Å². The molecule has 2 aromatic rings. The number of hydrogen-bond acceptors (Lipinski definition) is 5. The molecular weight excluding hydrogens is 272 g/mol. The van der Waals surface area contributed by atoms with Crippen LogP contribution in [0, 0.1) is 0 Å². The fraction of sp³-hybridized carbons (Fsp3) is 0.375. The van der Waals surface area contributed by atoms with Crippen LogP contribution < -0.4 is 0 Å². The largest absolute Gasteiger partial charge is 0.507 e. The number of fused-ring (bicyclic) bond motifs is 1. The van der Waals surface area contributed by atoms with E-state index in [2.05, 4.69) is 0 Å². The fourth-order valence-electron chi connectivity index (χ4n) is 1.94. The second-order valence-electron chi connectivity index (χ2n) is 5.10. The zero-order valence-corrected chi connectivity index (χ0v) is 11.6. The first-order valence-electron chi connectivity index (χ1n) is 6.94. The second kappa shape index (κ2) is 6.30. The van der Waals surface area contributed by atoms with E-state index < -0.39 is 0 Å². The molecule has 0 spiro atoms. The van der Waals surface area contributed by atoms with E-state index in [4.69, 9.17) is 14.2 Å². The van der Waals surface area contributed by atoms with Crippen molar-refractivity contribution in [3.63, 3.8) is 0 Å².